The van der Waals surface area contributed by atoms with Gasteiger partial charge in [0.25, 0.3) is 0 Å². The first-order valence-corrected chi connectivity index (χ1v) is 14.3. The molecule has 19 heteroatoms. The van der Waals surface area contributed by atoms with E-state index < -0.39 is 129 Å². The largest absolute Gasteiger partial charge is 0.394 e. The summed E-state index contributed by atoms with van der Waals surface area (Å²) in [6.07, 6.45) is -16.7. The van der Waals surface area contributed by atoms with Gasteiger partial charge in [-0.05, 0) is 0 Å². The van der Waals surface area contributed by atoms with Crippen LogP contribution in [0.4, 0.5) is 0 Å². The average molecular weight is 656 g/mol. The Balaban J connectivity index is 1.91. The molecule has 260 valence electrons. The van der Waals surface area contributed by atoms with Crippen molar-refractivity contribution in [3.63, 3.8) is 0 Å². The number of methoxy groups -OCH3 is 2. The molecule has 5 unspecified atom stereocenters. The summed E-state index contributed by atoms with van der Waals surface area (Å²) in [4.78, 5) is 36.0. The second-order valence-corrected chi connectivity index (χ2v) is 11.0. The van der Waals surface area contributed by atoms with Crippen molar-refractivity contribution in [2.45, 2.75) is 113 Å². The van der Waals surface area contributed by atoms with Crippen molar-refractivity contribution in [1.29, 1.82) is 0 Å². The van der Waals surface area contributed by atoms with Crippen LogP contribution in [0, 0.1) is 0 Å². The molecule has 3 amide bonds. The van der Waals surface area contributed by atoms with Crippen molar-refractivity contribution >= 4 is 17.7 Å². The van der Waals surface area contributed by atoms with Crippen molar-refractivity contribution < 1.29 is 78.2 Å². The minimum Gasteiger partial charge on any atom is -0.394 e. The maximum atomic E-state index is 12.2. The highest BCUT2D eigenvalue weighted by molar-refractivity contribution is 5.74. The van der Waals surface area contributed by atoms with E-state index in [0.29, 0.717) is 0 Å². The Hall–Kier alpha value is -2.11. The Kier molecular flexibility index (Phi) is 13.8. The molecule has 19 nitrogen and oxygen atoms in total. The molecule has 0 aromatic rings. The number of carbonyl (C=O) groups excluding carboxylic acids is 3. The molecule has 0 radical (unpaired) electrons. The van der Waals surface area contributed by atoms with Gasteiger partial charge in [0.1, 0.15) is 73.1 Å². The molecule has 3 aliphatic heterocycles. The highest BCUT2D eigenvalue weighted by atomic mass is 16.7. The van der Waals surface area contributed by atoms with Crippen LogP contribution in [0.2, 0.25) is 0 Å². The second kappa shape index (κ2) is 16.6. The first-order chi connectivity index (χ1) is 21.3. The van der Waals surface area contributed by atoms with E-state index in [1.54, 1.807) is 0 Å². The quantitative estimate of drug-likeness (QED) is 0.0947. The predicted octanol–water partition coefficient (Wildman–Crippen LogP) is -5.83. The van der Waals surface area contributed by atoms with Gasteiger partial charge in [0.05, 0.1) is 19.8 Å². The van der Waals surface area contributed by atoms with E-state index in [0.717, 1.165) is 6.92 Å². The van der Waals surface area contributed by atoms with Gasteiger partial charge in [-0.2, -0.15) is 0 Å². The Morgan fingerprint density at radius 3 is 1.18 bits per heavy atom. The molecular weight excluding hydrogens is 610 g/mol. The van der Waals surface area contributed by atoms with Gasteiger partial charge in [-0.15, -0.1) is 0 Å². The highest BCUT2D eigenvalue weighted by Crippen LogP contribution is 2.33. The third-order valence-electron chi connectivity index (χ3n) is 7.76. The molecule has 0 aliphatic carbocycles. The number of hydrogen-bond acceptors (Lipinski definition) is 16. The van der Waals surface area contributed by atoms with Gasteiger partial charge in [-0.25, -0.2) is 0 Å². The van der Waals surface area contributed by atoms with Gasteiger partial charge >= 0.3 is 0 Å². The van der Waals surface area contributed by atoms with E-state index in [2.05, 4.69) is 16.0 Å². The lowest BCUT2D eigenvalue weighted by Gasteiger charge is -2.50. The fraction of sp³-hybridized carbons (Fsp3) is 0.885. The molecule has 3 heterocycles. The second-order valence-electron chi connectivity index (χ2n) is 11.0. The molecule has 3 aliphatic rings. The monoisotopic (exact) mass is 655 g/mol. The lowest BCUT2D eigenvalue weighted by atomic mass is 9.93. The topological polar surface area (TPSA) is 273 Å². The maximum absolute atomic E-state index is 12.2. The zero-order valence-electron chi connectivity index (χ0n) is 25.5. The van der Waals surface area contributed by atoms with Crippen molar-refractivity contribution in [2.24, 2.45) is 0 Å². The van der Waals surface area contributed by atoms with Crippen LogP contribution >= 0.6 is 0 Å². The van der Waals surface area contributed by atoms with Gasteiger partial charge in [0.15, 0.2) is 18.9 Å². The summed E-state index contributed by atoms with van der Waals surface area (Å²) in [7, 11) is 2.54. The summed E-state index contributed by atoms with van der Waals surface area (Å²) in [5, 5.41) is 71.1. The molecule has 0 saturated carbocycles. The standard InChI is InChI=1S/C26H45N3O16/c1-9(33)27-15-19(37)22(13(7-31)41-24(15)40-5)44-26-17(29-11(3)35)20(38)23(14(8-32)43-26)45-25-16(28-10(2)34)18(36)21(39-4)12(6-30)42-25/h12-26,30-32,36-38H,6-8H2,1-5H3,(H,27,33)(H,28,34)(H,29,35)/t12?,13?,14-,15-,16-,17?,18?,19-,20?,21-,22-,23-,24-,25+,26-/m1/s1. The molecule has 3 saturated heterocycles. The number of aliphatic hydroxyl groups excluding tert-OH is 6. The lowest BCUT2D eigenvalue weighted by molar-refractivity contribution is -0.353. The van der Waals surface area contributed by atoms with E-state index in [-0.39, 0.29) is 0 Å². The van der Waals surface area contributed by atoms with Crippen LogP contribution < -0.4 is 16.0 Å². The molecule has 9 N–H and O–H groups in total. The third-order valence-corrected chi connectivity index (χ3v) is 7.76. The van der Waals surface area contributed by atoms with Gasteiger partial charge in [0, 0.05) is 35.0 Å². The van der Waals surface area contributed by atoms with Crippen LogP contribution in [0.25, 0.3) is 0 Å². The first kappa shape index (κ1) is 37.3. The number of hydrogen-bond donors (Lipinski definition) is 9. The molecule has 45 heavy (non-hydrogen) atoms. The summed E-state index contributed by atoms with van der Waals surface area (Å²) >= 11 is 0. The van der Waals surface area contributed by atoms with Crippen LogP contribution in [0.1, 0.15) is 20.8 Å². The molecular formula is C26H45N3O16. The fourth-order valence-electron chi connectivity index (χ4n) is 5.74. The Morgan fingerprint density at radius 2 is 0.867 bits per heavy atom. The number of rotatable bonds is 12. The van der Waals surface area contributed by atoms with Crippen molar-refractivity contribution in [3.05, 3.63) is 0 Å². The normalized spacial score (nSPS) is 42.1. The van der Waals surface area contributed by atoms with E-state index in [1.807, 2.05) is 0 Å². The molecule has 3 rings (SSSR count). The summed E-state index contributed by atoms with van der Waals surface area (Å²) < 4.78 is 39.8. The Labute approximate surface area is 259 Å². The minimum absolute atomic E-state index is 0.528. The Morgan fingerprint density at radius 1 is 0.556 bits per heavy atom. The summed E-state index contributed by atoms with van der Waals surface area (Å²) in [5.41, 5.74) is 0. The van der Waals surface area contributed by atoms with Crippen molar-refractivity contribution in [1.82, 2.24) is 16.0 Å². The number of aliphatic hydroxyl groups is 6. The van der Waals surface area contributed by atoms with Gasteiger partial charge in [-0.3, -0.25) is 14.4 Å². The van der Waals surface area contributed by atoms with Crippen LogP contribution in [0.3, 0.4) is 0 Å². The molecule has 0 aromatic carbocycles. The zero-order chi connectivity index (χ0) is 33.6. The van der Waals surface area contributed by atoms with Crippen LogP contribution in [-0.2, 0) is 47.5 Å². The first-order valence-electron chi connectivity index (χ1n) is 14.3. The summed E-state index contributed by atoms with van der Waals surface area (Å²) in [5.74, 6) is -1.74. The minimum atomic E-state index is -1.72. The van der Waals surface area contributed by atoms with Crippen molar-refractivity contribution in [3.8, 4) is 0 Å². The van der Waals surface area contributed by atoms with Crippen LogP contribution in [0.5, 0.6) is 0 Å². The smallest absolute Gasteiger partial charge is 0.217 e. The summed E-state index contributed by atoms with van der Waals surface area (Å²) in [6.45, 7) is 1.46. The molecule has 15 atom stereocenters. The van der Waals surface area contributed by atoms with Gasteiger partial charge in [-0.1, -0.05) is 0 Å². The van der Waals surface area contributed by atoms with Crippen LogP contribution in [-0.4, -0.2) is 174 Å². The molecule has 3 fully saturated rings. The fourth-order valence-corrected chi connectivity index (χ4v) is 5.74. The lowest BCUT2D eigenvalue weighted by Crippen LogP contribution is -2.71. The van der Waals surface area contributed by atoms with Gasteiger partial charge in [0.2, 0.25) is 17.7 Å². The third kappa shape index (κ3) is 8.63. The molecule has 0 spiro atoms. The number of carbonyl (C=O) groups is 3. The average Bonchev–Trinajstić information content (AvgIpc) is 2.98. The Bertz CT molecular complexity index is 994. The molecule has 0 aromatic heterocycles. The number of amides is 3. The van der Waals surface area contributed by atoms with Crippen LogP contribution in [0.15, 0.2) is 0 Å². The van der Waals surface area contributed by atoms with Crippen molar-refractivity contribution in [2.75, 3.05) is 34.0 Å². The van der Waals surface area contributed by atoms with E-state index >= 15 is 0 Å². The highest BCUT2D eigenvalue weighted by Gasteiger charge is 2.54. The predicted molar refractivity (Wildman–Crippen MR) is 146 cm³/mol. The number of nitrogens with one attached hydrogen (secondary N) is 3. The number of ether oxygens (including phenoxy) is 7. The summed E-state index contributed by atoms with van der Waals surface area (Å²) in [6, 6.07) is -3.86. The zero-order valence-corrected chi connectivity index (χ0v) is 25.5. The SMILES string of the molecule is CO[C@@H]1C(CO)O[C@@H](O[C@H]2C(O)C(NC(C)=O)[C@@H](O[C@@H]3C(CO)O[C@@H](OC)[C@H](NC(C)=O)[C@H]3O)O[C@@H]2CO)[C@H](NC(C)=O)C1O. The van der Waals surface area contributed by atoms with E-state index in [1.165, 1.54) is 28.1 Å². The maximum Gasteiger partial charge on any atom is 0.217 e. The van der Waals surface area contributed by atoms with E-state index in [4.69, 9.17) is 33.2 Å². The van der Waals surface area contributed by atoms with Gasteiger partial charge < -0.3 is 79.7 Å². The molecule has 0 bridgehead atoms. The van der Waals surface area contributed by atoms with E-state index in [9.17, 15) is 45.0 Å².